The van der Waals surface area contributed by atoms with Crippen molar-refractivity contribution in [2.45, 2.75) is 51.6 Å². The molecule has 19 nitrogen and oxygen atoms in total. The van der Waals surface area contributed by atoms with Crippen molar-refractivity contribution in [2.24, 2.45) is 0 Å². The van der Waals surface area contributed by atoms with E-state index in [1.165, 1.54) is 19.2 Å². The normalized spacial score (nSPS) is 17.7. The highest BCUT2D eigenvalue weighted by Gasteiger charge is 2.38. The SMILES string of the molecule is CN(CCS(=O)(=O)O)C(=O)c1cc(C(=O)ON2C(=O)CCC2=O)ccc1C1=c2cc3c(cc2Oc2cc4c(cc21)C(CS(=O)(=O)O)=CC(C)(C)N4C)=[N+](C)C(C)(C)C=C3CS(=O)(=O)[O-]. The van der Waals surface area contributed by atoms with Crippen LogP contribution in [-0.4, -0.2) is 129 Å². The number of imide groups is 1. The number of anilines is 1. The minimum Gasteiger partial charge on any atom is -0.748 e. The third kappa shape index (κ3) is 8.97. The summed E-state index contributed by atoms with van der Waals surface area (Å²) >= 11 is 0. The van der Waals surface area contributed by atoms with Gasteiger partial charge in [0.25, 0.3) is 38.0 Å². The van der Waals surface area contributed by atoms with Crippen LogP contribution in [0.1, 0.15) is 83.5 Å². The van der Waals surface area contributed by atoms with Gasteiger partial charge in [0.2, 0.25) is 5.36 Å². The Labute approximate surface area is 368 Å². The van der Waals surface area contributed by atoms with Crippen LogP contribution >= 0.6 is 0 Å². The van der Waals surface area contributed by atoms with Gasteiger partial charge in [0.1, 0.15) is 24.3 Å². The average molecular weight is 941 g/mol. The summed E-state index contributed by atoms with van der Waals surface area (Å²) in [4.78, 5) is 60.8. The van der Waals surface area contributed by atoms with E-state index in [0.717, 1.165) is 11.0 Å². The van der Waals surface area contributed by atoms with Gasteiger partial charge in [0.15, 0.2) is 5.54 Å². The number of fused-ring (bicyclic) bond motifs is 4. The molecule has 4 aliphatic heterocycles. The molecule has 22 heteroatoms. The Morgan fingerprint density at radius 2 is 1.48 bits per heavy atom. The quantitative estimate of drug-likeness (QED) is 0.123. The molecule has 0 saturated carbocycles. The lowest BCUT2D eigenvalue weighted by molar-refractivity contribution is -0.172. The third-order valence-corrected chi connectivity index (χ3v) is 13.8. The first-order chi connectivity index (χ1) is 29.4. The van der Waals surface area contributed by atoms with Crippen LogP contribution in [0.2, 0.25) is 0 Å². The second-order valence-corrected chi connectivity index (χ2v) is 21.6. The van der Waals surface area contributed by atoms with Gasteiger partial charge in [-0.1, -0.05) is 12.1 Å². The molecule has 0 bridgehead atoms. The zero-order chi connectivity index (χ0) is 47.2. The first kappa shape index (κ1) is 46.2. The van der Waals surface area contributed by atoms with Gasteiger partial charge in [-0.05, 0) is 60.9 Å². The van der Waals surface area contributed by atoms with E-state index in [1.807, 2.05) is 37.2 Å². The van der Waals surface area contributed by atoms with Crippen molar-refractivity contribution in [1.82, 2.24) is 14.5 Å². The lowest BCUT2D eigenvalue weighted by atomic mass is 9.83. The molecule has 0 unspecified atom stereocenters. The molecule has 4 heterocycles. The number of likely N-dealkylation sites (N-methyl/N-ethyl adjacent to an activating group) is 2. The molecular weight excluding hydrogens is 897 g/mol. The Morgan fingerprint density at radius 1 is 0.844 bits per heavy atom. The average Bonchev–Trinajstić information content (AvgIpc) is 3.49. The molecule has 0 spiro atoms. The summed E-state index contributed by atoms with van der Waals surface area (Å²) < 4.78 is 114. The van der Waals surface area contributed by atoms with Crippen LogP contribution in [0, 0.1) is 0 Å². The van der Waals surface area contributed by atoms with Gasteiger partial charge in [-0.25, -0.2) is 17.8 Å². The number of hydrogen-bond donors (Lipinski definition) is 2. The fourth-order valence-electron chi connectivity index (χ4n) is 8.19. The maximum absolute atomic E-state index is 14.6. The molecule has 2 N–H and O–H groups in total. The van der Waals surface area contributed by atoms with Crippen LogP contribution in [0.4, 0.5) is 5.69 Å². The van der Waals surface area contributed by atoms with Crippen molar-refractivity contribution in [1.29, 1.82) is 0 Å². The molecule has 4 aliphatic rings. The molecule has 0 atom stereocenters. The molecule has 1 saturated heterocycles. The van der Waals surface area contributed by atoms with Gasteiger partial charge in [0, 0.05) is 86.6 Å². The van der Waals surface area contributed by atoms with E-state index in [9.17, 15) is 58.1 Å². The Balaban J connectivity index is 1.58. The Hall–Kier alpha value is -5.78. The van der Waals surface area contributed by atoms with Crippen molar-refractivity contribution < 1.29 is 67.7 Å². The molecule has 0 aromatic heterocycles. The molecule has 3 aromatic rings. The first-order valence-corrected chi connectivity index (χ1v) is 24.4. The zero-order valence-corrected chi connectivity index (χ0v) is 38.1. The molecule has 3 aromatic carbocycles. The number of hydroxylamine groups is 2. The summed E-state index contributed by atoms with van der Waals surface area (Å²) in [6.45, 7) is 6.79. The highest BCUT2D eigenvalue weighted by Crippen LogP contribution is 2.47. The van der Waals surface area contributed by atoms with Crippen LogP contribution < -0.4 is 24.8 Å². The van der Waals surface area contributed by atoms with Crippen molar-refractivity contribution in [3.8, 4) is 11.5 Å². The van der Waals surface area contributed by atoms with E-state index in [1.54, 1.807) is 50.5 Å². The fraction of sp³-hybridized carbons (Fsp3) is 0.357. The monoisotopic (exact) mass is 940 g/mol. The smallest absolute Gasteiger partial charge is 0.363 e. The molecule has 340 valence electrons. The Bertz CT molecular complexity index is 3160. The second kappa shape index (κ2) is 15.7. The number of carbonyl (C=O) groups excluding carboxylic acids is 4. The molecule has 7 rings (SSSR count). The van der Waals surface area contributed by atoms with Crippen molar-refractivity contribution in [3.05, 3.63) is 98.6 Å². The number of carbonyl (C=O) groups is 4. The summed E-state index contributed by atoms with van der Waals surface area (Å²) in [5, 5.41) is 1.04. The topological polar surface area (TPSA) is 265 Å². The summed E-state index contributed by atoms with van der Waals surface area (Å²) in [6.07, 6.45) is 2.93. The molecule has 64 heavy (non-hydrogen) atoms. The van der Waals surface area contributed by atoms with Crippen molar-refractivity contribution in [2.75, 3.05) is 49.8 Å². The number of benzene rings is 3. The van der Waals surface area contributed by atoms with Crippen LogP contribution in [0.15, 0.2) is 54.6 Å². The minimum absolute atomic E-state index is 0.0653. The highest BCUT2D eigenvalue weighted by molar-refractivity contribution is 7.86. The third-order valence-electron chi connectivity index (χ3n) is 11.8. The predicted molar refractivity (Wildman–Crippen MR) is 231 cm³/mol. The van der Waals surface area contributed by atoms with E-state index in [4.69, 9.17) is 9.57 Å². The predicted octanol–water partition coefficient (Wildman–Crippen LogP) is 1.56. The summed E-state index contributed by atoms with van der Waals surface area (Å²) in [5.74, 6) is -5.76. The number of hydrogen-bond acceptors (Lipinski definition) is 14. The molecule has 0 radical (unpaired) electrons. The summed E-state index contributed by atoms with van der Waals surface area (Å²) in [7, 11) is -9.23. The van der Waals surface area contributed by atoms with Gasteiger partial charge < -0.3 is 23.9 Å². The number of ether oxygens (including phenoxy) is 1. The van der Waals surface area contributed by atoms with Gasteiger partial charge in [-0.15, -0.1) is 5.06 Å². The largest absolute Gasteiger partial charge is 0.748 e. The summed E-state index contributed by atoms with van der Waals surface area (Å²) in [5.41, 5.74) is -0.105. The van der Waals surface area contributed by atoms with Gasteiger partial charge in [-0.3, -0.25) is 23.5 Å². The lowest BCUT2D eigenvalue weighted by Crippen LogP contribution is -2.47. The van der Waals surface area contributed by atoms with Crippen LogP contribution in [-0.2, 0) is 44.8 Å². The van der Waals surface area contributed by atoms with E-state index >= 15 is 0 Å². The highest BCUT2D eigenvalue weighted by atomic mass is 32.2. The molecule has 3 amide bonds. The lowest BCUT2D eigenvalue weighted by Gasteiger charge is -2.41. The number of amides is 3. The number of nitrogens with zero attached hydrogens (tertiary/aromatic N) is 4. The second-order valence-electron chi connectivity index (χ2n) is 17.1. The van der Waals surface area contributed by atoms with Crippen molar-refractivity contribution in [3.63, 3.8) is 0 Å². The van der Waals surface area contributed by atoms with Gasteiger partial charge >= 0.3 is 5.97 Å². The number of rotatable bonds is 11. The van der Waals surface area contributed by atoms with E-state index < -0.39 is 88.9 Å². The van der Waals surface area contributed by atoms with E-state index in [0.29, 0.717) is 27.2 Å². The molecular formula is C42H44N4O15S3. The fourth-order valence-corrected chi connectivity index (χ4v) is 9.94. The maximum atomic E-state index is 14.6. The van der Waals surface area contributed by atoms with Crippen LogP contribution in [0.5, 0.6) is 11.5 Å². The Morgan fingerprint density at radius 3 is 2.09 bits per heavy atom. The van der Waals surface area contributed by atoms with Crippen molar-refractivity contribution >= 4 is 76.5 Å². The minimum atomic E-state index is -4.84. The zero-order valence-electron chi connectivity index (χ0n) is 35.7. The maximum Gasteiger partial charge on any atom is 0.363 e. The van der Waals surface area contributed by atoms with Gasteiger partial charge in [-0.2, -0.15) is 16.8 Å². The van der Waals surface area contributed by atoms with E-state index in [2.05, 4.69) is 0 Å². The van der Waals surface area contributed by atoms with Gasteiger partial charge in [0.05, 0.1) is 44.4 Å². The standard InChI is InChI=1S/C42H44N4O15S3/c1-41(2)19-24(21-63(54,55)56)27-15-30-34(17-32(27)44(41)6)60-35-18-33-28(25(22-64(57,58)59)20-42(3,4)45(33)7)16-31(35)38(30)26-9-8-23(40(50)61-46-36(47)10-11-37(46)48)14-29(26)39(49)43(5)12-13-62(51,52)53/h8-9,14-20H,10-13,21-22H2,1-7H3,(H2-,51,52,53,54,55,56,57,58,59). The van der Waals surface area contributed by atoms with Crippen LogP contribution in [0.3, 0.4) is 0 Å². The first-order valence-electron chi connectivity index (χ1n) is 19.6. The molecule has 0 aliphatic carbocycles. The summed E-state index contributed by atoms with van der Waals surface area (Å²) in [6, 6.07) is 10.2. The van der Waals surface area contributed by atoms with E-state index in [-0.39, 0.29) is 68.5 Å². The van der Waals surface area contributed by atoms with Crippen LogP contribution in [0.25, 0.3) is 16.7 Å². The Kier molecular flexibility index (Phi) is 11.4. The molecule has 1 fully saturated rings.